The lowest BCUT2D eigenvalue weighted by Crippen LogP contribution is -2.38. The second kappa shape index (κ2) is 9.20. The molecule has 2 aromatic heterocycles. The summed E-state index contributed by atoms with van der Waals surface area (Å²) < 4.78 is 2.11. The van der Waals surface area contributed by atoms with Gasteiger partial charge in [0.05, 0.1) is 18.3 Å². The average molecular weight is 405 g/mol. The fourth-order valence-electron chi connectivity index (χ4n) is 4.01. The topological polar surface area (TPSA) is 57.0 Å². The number of rotatable bonds is 6. The minimum Gasteiger partial charge on any atom is -0.372 e. The van der Waals surface area contributed by atoms with Crippen molar-refractivity contribution in [1.82, 2.24) is 20.0 Å². The minimum absolute atomic E-state index is 0.161. The highest BCUT2D eigenvalue weighted by Crippen LogP contribution is 2.24. The van der Waals surface area contributed by atoms with E-state index in [0.29, 0.717) is 6.54 Å². The predicted molar refractivity (Wildman–Crippen MR) is 124 cm³/mol. The van der Waals surface area contributed by atoms with Crippen LogP contribution in [0.2, 0.25) is 0 Å². The number of nitrogens with zero attached hydrogens (tertiary/aromatic N) is 4. The van der Waals surface area contributed by atoms with Crippen LogP contribution in [0.4, 0.5) is 5.69 Å². The zero-order valence-electron chi connectivity index (χ0n) is 18.2. The third-order valence-electron chi connectivity index (χ3n) is 5.68. The molecule has 0 saturated carbocycles. The molecule has 3 heterocycles. The van der Waals surface area contributed by atoms with Gasteiger partial charge in [0, 0.05) is 37.2 Å². The average Bonchev–Trinajstić information content (AvgIpc) is 3.43. The summed E-state index contributed by atoms with van der Waals surface area (Å²) in [5.41, 5.74) is 5.69. The van der Waals surface area contributed by atoms with E-state index in [1.807, 2.05) is 12.1 Å². The Hall–Kier alpha value is -3.02. The van der Waals surface area contributed by atoms with E-state index in [2.05, 4.69) is 77.2 Å². The van der Waals surface area contributed by atoms with Crippen LogP contribution >= 0.6 is 0 Å². The first-order valence-corrected chi connectivity index (χ1v) is 11.0. The van der Waals surface area contributed by atoms with Gasteiger partial charge in [0.25, 0.3) is 0 Å². The van der Waals surface area contributed by atoms with Crippen molar-refractivity contribution in [3.8, 4) is 0 Å². The number of nitrogens with one attached hydrogen (secondary N) is 2. The van der Waals surface area contributed by atoms with E-state index >= 15 is 0 Å². The quantitative estimate of drug-likeness (QED) is 0.481. The van der Waals surface area contributed by atoms with Crippen molar-refractivity contribution in [3.05, 3.63) is 65.6 Å². The number of anilines is 1. The smallest absolute Gasteiger partial charge is 0.192 e. The molecule has 1 saturated heterocycles. The van der Waals surface area contributed by atoms with Crippen molar-refractivity contribution < 1.29 is 0 Å². The van der Waals surface area contributed by atoms with Gasteiger partial charge in [-0.3, -0.25) is 0 Å². The zero-order valence-corrected chi connectivity index (χ0v) is 18.2. The Kier molecular flexibility index (Phi) is 6.21. The summed E-state index contributed by atoms with van der Waals surface area (Å²) in [6.07, 6.45) is 4.65. The van der Waals surface area contributed by atoms with E-state index < -0.39 is 0 Å². The number of pyridine rings is 1. The molecule has 6 nitrogen and oxygen atoms in total. The Morgan fingerprint density at radius 2 is 1.97 bits per heavy atom. The SMILES string of the molecule is CCNC(=NCc1cn2c(C)cccc2n1)NC(C)c1cccc(N2CCCC2)c1. The van der Waals surface area contributed by atoms with Crippen molar-refractivity contribution >= 4 is 17.3 Å². The summed E-state index contributed by atoms with van der Waals surface area (Å²) in [6, 6.07) is 15.2. The normalized spacial score (nSPS) is 15.6. The molecular weight excluding hydrogens is 372 g/mol. The molecule has 0 amide bonds. The molecule has 30 heavy (non-hydrogen) atoms. The fraction of sp³-hybridized carbons (Fsp3) is 0.417. The standard InChI is InChI=1S/C24H32N6/c1-4-25-24(26-16-21-17-30-18(2)9-7-12-23(30)28-21)27-19(3)20-10-8-11-22(15-20)29-13-5-6-14-29/h7-12,15,17,19H,4-6,13-14,16H2,1-3H3,(H2,25,26,27). The number of hydrogen-bond donors (Lipinski definition) is 2. The Bertz CT molecular complexity index is 1020. The summed E-state index contributed by atoms with van der Waals surface area (Å²) in [4.78, 5) is 11.9. The Balaban J connectivity index is 1.47. The molecule has 0 bridgehead atoms. The van der Waals surface area contributed by atoms with E-state index in [-0.39, 0.29) is 6.04 Å². The van der Waals surface area contributed by atoms with Crippen LogP contribution in [0.25, 0.3) is 5.65 Å². The zero-order chi connectivity index (χ0) is 20.9. The lowest BCUT2D eigenvalue weighted by molar-refractivity contribution is 0.685. The first-order valence-electron chi connectivity index (χ1n) is 11.0. The van der Waals surface area contributed by atoms with Crippen molar-refractivity contribution in [2.45, 2.75) is 46.2 Å². The summed E-state index contributed by atoms with van der Waals surface area (Å²) in [5, 5.41) is 6.92. The molecule has 1 aromatic carbocycles. The van der Waals surface area contributed by atoms with Crippen LogP contribution in [-0.4, -0.2) is 35.0 Å². The van der Waals surface area contributed by atoms with Crippen LogP contribution in [0, 0.1) is 6.92 Å². The van der Waals surface area contributed by atoms with Crippen molar-refractivity contribution in [2.75, 3.05) is 24.5 Å². The molecule has 1 unspecified atom stereocenters. The van der Waals surface area contributed by atoms with E-state index in [0.717, 1.165) is 36.9 Å². The summed E-state index contributed by atoms with van der Waals surface area (Å²) in [5.74, 6) is 0.811. The van der Waals surface area contributed by atoms with Crippen LogP contribution in [-0.2, 0) is 6.54 Å². The van der Waals surface area contributed by atoms with Gasteiger partial charge in [-0.25, -0.2) is 9.98 Å². The predicted octanol–water partition coefficient (Wildman–Crippen LogP) is 4.06. The molecule has 1 aliphatic rings. The maximum Gasteiger partial charge on any atom is 0.192 e. The first kappa shape index (κ1) is 20.3. The third-order valence-corrected chi connectivity index (χ3v) is 5.68. The Morgan fingerprint density at radius 1 is 1.17 bits per heavy atom. The Labute approximate surface area is 179 Å². The largest absolute Gasteiger partial charge is 0.372 e. The maximum atomic E-state index is 4.78. The van der Waals surface area contributed by atoms with Crippen molar-refractivity contribution in [1.29, 1.82) is 0 Å². The number of benzene rings is 1. The van der Waals surface area contributed by atoms with Gasteiger partial charge in [-0.05, 0) is 63.4 Å². The van der Waals surface area contributed by atoms with E-state index in [1.54, 1.807) is 0 Å². The number of imidazole rings is 1. The molecule has 158 valence electrons. The van der Waals surface area contributed by atoms with Gasteiger partial charge in [-0.2, -0.15) is 0 Å². The molecule has 4 rings (SSSR count). The number of hydrogen-bond acceptors (Lipinski definition) is 3. The molecule has 3 aromatic rings. The highest BCUT2D eigenvalue weighted by Gasteiger charge is 2.14. The monoisotopic (exact) mass is 404 g/mol. The van der Waals surface area contributed by atoms with E-state index in [9.17, 15) is 0 Å². The van der Waals surface area contributed by atoms with Gasteiger partial charge < -0.3 is 19.9 Å². The number of aromatic nitrogens is 2. The van der Waals surface area contributed by atoms with Crippen LogP contribution in [0.5, 0.6) is 0 Å². The van der Waals surface area contributed by atoms with Gasteiger partial charge in [0.1, 0.15) is 5.65 Å². The highest BCUT2D eigenvalue weighted by molar-refractivity contribution is 5.80. The maximum absolute atomic E-state index is 4.78. The highest BCUT2D eigenvalue weighted by atomic mass is 15.2. The number of aryl methyl sites for hydroxylation is 1. The fourth-order valence-corrected chi connectivity index (χ4v) is 4.01. The van der Waals surface area contributed by atoms with Gasteiger partial charge in [-0.1, -0.05) is 18.2 Å². The summed E-state index contributed by atoms with van der Waals surface area (Å²) >= 11 is 0. The molecule has 0 aliphatic carbocycles. The molecule has 2 N–H and O–H groups in total. The van der Waals surface area contributed by atoms with Crippen LogP contribution < -0.4 is 15.5 Å². The Morgan fingerprint density at radius 3 is 2.73 bits per heavy atom. The lowest BCUT2D eigenvalue weighted by atomic mass is 10.1. The third kappa shape index (κ3) is 4.58. The summed E-state index contributed by atoms with van der Waals surface area (Å²) in [7, 11) is 0. The van der Waals surface area contributed by atoms with Crippen LogP contribution in [0.1, 0.15) is 49.7 Å². The van der Waals surface area contributed by atoms with Gasteiger partial charge in [-0.15, -0.1) is 0 Å². The first-order chi connectivity index (χ1) is 14.6. The summed E-state index contributed by atoms with van der Waals surface area (Å²) in [6.45, 7) is 10.0. The lowest BCUT2D eigenvalue weighted by Gasteiger charge is -2.22. The van der Waals surface area contributed by atoms with E-state index in [1.165, 1.54) is 29.8 Å². The second-order valence-electron chi connectivity index (χ2n) is 7.98. The molecule has 0 radical (unpaired) electrons. The number of aliphatic imine (C=N–C) groups is 1. The van der Waals surface area contributed by atoms with Crippen LogP contribution in [0.3, 0.4) is 0 Å². The van der Waals surface area contributed by atoms with Crippen LogP contribution in [0.15, 0.2) is 53.7 Å². The number of guanidine groups is 1. The molecular formula is C24H32N6. The van der Waals surface area contributed by atoms with Crippen molar-refractivity contribution in [3.63, 3.8) is 0 Å². The molecule has 1 fully saturated rings. The molecule has 6 heteroatoms. The molecule has 1 atom stereocenters. The molecule has 0 spiro atoms. The van der Waals surface area contributed by atoms with Gasteiger partial charge in [0.15, 0.2) is 5.96 Å². The van der Waals surface area contributed by atoms with Crippen molar-refractivity contribution in [2.24, 2.45) is 4.99 Å². The molecule has 1 aliphatic heterocycles. The minimum atomic E-state index is 0.161. The van der Waals surface area contributed by atoms with Gasteiger partial charge >= 0.3 is 0 Å². The van der Waals surface area contributed by atoms with E-state index in [4.69, 9.17) is 9.98 Å². The number of fused-ring (bicyclic) bond motifs is 1. The van der Waals surface area contributed by atoms with Gasteiger partial charge in [0.2, 0.25) is 0 Å². The second-order valence-corrected chi connectivity index (χ2v) is 7.98.